The summed E-state index contributed by atoms with van der Waals surface area (Å²) in [5.41, 5.74) is 3.30. The first-order valence-corrected chi connectivity index (χ1v) is 9.16. The minimum atomic E-state index is -0.167. The summed E-state index contributed by atoms with van der Waals surface area (Å²) in [6, 6.07) is 28.0. The number of hydrogen-bond acceptors (Lipinski definition) is 1. The molecule has 1 N–H and O–H groups in total. The second-order valence-electron chi connectivity index (χ2n) is 5.92. The Bertz CT molecular complexity index is 818. The number of halogens is 1. The quantitative estimate of drug-likeness (QED) is 0.605. The van der Waals surface area contributed by atoms with E-state index in [1.54, 1.807) is 0 Å². The van der Waals surface area contributed by atoms with Gasteiger partial charge in [0.05, 0.1) is 6.04 Å². The summed E-state index contributed by atoms with van der Waals surface area (Å²) < 4.78 is 0.993. The molecule has 0 spiro atoms. The number of carbonyl (C=O) groups is 1. The van der Waals surface area contributed by atoms with Gasteiger partial charge in [0.15, 0.2) is 0 Å². The van der Waals surface area contributed by atoms with Crippen LogP contribution in [0.2, 0.25) is 0 Å². The summed E-state index contributed by atoms with van der Waals surface area (Å²) in [6.45, 7) is 0. The van der Waals surface area contributed by atoms with E-state index in [2.05, 4.69) is 33.4 Å². The van der Waals surface area contributed by atoms with Crippen molar-refractivity contribution >= 4 is 21.8 Å². The summed E-state index contributed by atoms with van der Waals surface area (Å²) in [7, 11) is 0. The topological polar surface area (TPSA) is 29.1 Å². The Balaban J connectivity index is 1.76. The molecule has 0 aliphatic rings. The van der Waals surface area contributed by atoms with Gasteiger partial charge in [-0.1, -0.05) is 94.8 Å². The van der Waals surface area contributed by atoms with Crippen LogP contribution < -0.4 is 5.32 Å². The van der Waals surface area contributed by atoms with Crippen LogP contribution in [0.5, 0.6) is 0 Å². The molecule has 0 fully saturated rings. The van der Waals surface area contributed by atoms with E-state index in [1.165, 1.54) is 5.56 Å². The van der Waals surface area contributed by atoms with Crippen LogP contribution in [0.3, 0.4) is 0 Å². The van der Waals surface area contributed by atoms with E-state index in [4.69, 9.17) is 0 Å². The predicted molar refractivity (Wildman–Crippen MR) is 105 cm³/mol. The van der Waals surface area contributed by atoms with Gasteiger partial charge in [0.2, 0.25) is 5.91 Å². The summed E-state index contributed by atoms with van der Waals surface area (Å²) >= 11 is 3.61. The van der Waals surface area contributed by atoms with Crippen molar-refractivity contribution in [3.63, 3.8) is 0 Å². The molecule has 3 heteroatoms. The third-order valence-corrected chi connectivity index (χ3v) is 4.86. The largest absolute Gasteiger partial charge is 0.345 e. The maximum Gasteiger partial charge on any atom is 0.221 e. The molecule has 3 aromatic carbocycles. The Hall–Kier alpha value is -2.39. The second kappa shape index (κ2) is 8.63. The van der Waals surface area contributed by atoms with E-state index >= 15 is 0 Å². The zero-order chi connectivity index (χ0) is 17.5. The van der Waals surface area contributed by atoms with Crippen molar-refractivity contribution < 1.29 is 4.79 Å². The molecule has 1 amide bonds. The van der Waals surface area contributed by atoms with Gasteiger partial charge in [-0.3, -0.25) is 4.79 Å². The molecule has 3 rings (SSSR count). The first-order valence-electron chi connectivity index (χ1n) is 8.36. The second-order valence-corrected chi connectivity index (χ2v) is 6.77. The van der Waals surface area contributed by atoms with Crippen LogP contribution in [0, 0.1) is 0 Å². The van der Waals surface area contributed by atoms with Crippen molar-refractivity contribution in [3.8, 4) is 0 Å². The number of benzene rings is 3. The normalized spacial score (nSPS) is 11.7. The van der Waals surface area contributed by atoms with Crippen molar-refractivity contribution in [2.45, 2.75) is 18.9 Å². The number of nitrogens with one attached hydrogen (secondary N) is 1. The molecule has 0 aliphatic heterocycles. The molecule has 1 atom stereocenters. The highest BCUT2D eigenvalue weighted by Gasteiger charge is 2.18. The fourth-order valence-corrected chi connectivity index (χ4v) is 3.34. The van der Waals surface area contributed by atoms with E-state index in [9.17, 15) is 4.79 Å². The van der Waals surface area contributed by atoms with Crippen LogP contribution in [0.15, 0.2) is 89.4 Å². The van der Waals surface area contributed by atoms with E-state index in [0.29, 0.717) is 6.42 Å². The predicted octanol–water partition coefficient (Wildman–Crippen LogP) is 5.29. The lowest BCUT2D eigenvalue weighted by Gasteiger charge is -2.21. The fraction of sp³-hybridized carbons (Fsp3) is 0.136. The lowest BCUT2D eigenvalue weighted by atomic mass is 9.98. The van der Waals surface area contributed by atoms with Gasteiger partial charge in [-0.15, -0.1) is 0 Å². The Morgan fingerprint density at radius 2 is 1.44 bits per heavy atom. The van der Waals surface area contributed by atoms with E-state index in [-0.39, 0.29) is 11.9 Å². The molecule has 0 heterocycles. The Labute approximate surface area is 157 Å². The zero-order valence-electron chi connectivity index (χ0n) is 13.9. The van der Waals surface area contributed by atoms with Crippen LogP contribution in [0.25, 0.3) is 0 Å². The number of carbonyl (C=O) groups excluding carboxylic acids is 1. The SMILES string of the molecule is O=C(CCc1ccccc1)NC(c1ccccc1)c1ccccc1Br. The lowest BCUT2D eigenvalue weighted by molar-refractivity contribution is -0.121. The molecule has 0 aliphatic carbocycles. The van der Waals surface area contributed by atoms with Crippen LogP contribution in [-0.2, 0) is 11.2 Å². The molecule has 0 aromatic heterocycles. The van der Waals surface area contributed by atoms with Crippen LogP contribution >= 0.6 is 15.9 Å². The van der Waals surface area contributed by atoms with Gasteiger partial charge in [0.25, 0.3) is 0 Å². The molecule has 126 valence electrons. The van der Waals surface area contributed by atoms with E-state index in [0.717, 1.165) is 22.0 Å². The van der Waals surface area contributed by atoms with Gasteiger partial charge in [0, 0.05) is 10.9 Å². The Kier molecular flexibility index (Phi) is 6.02. The Morgan fingerprint density at radius 1 is 0.840 bits per heavy atom. The highest BCUT2D eigenvalue weighted by atomic mass is 79.9. The molecule has 0 saturated carbocycles. The van der Waals surface area contributed by atoms with Crippen molar-refractivity contribution in [3.05, 3.63) is 106 Å². The van der Waals surface area contributed by atoms with Crippen molar-refractivity contribution in [2.24, 2.45) is 0 Å². The average Bonchev–Trinajstić information content (AvgIpc) is 2.67. The Morgan fingerprint density at radius 3 is 2.12 bits per heavy atom. The lowest BCUT2D eigenvalue weighted by Crippen LogP contribution is -2.29. The van der Waals surface area contributed by atoms with Gasteiger partial charge >= 0.3 is 0 Å². The molecule has 2 nitrogen and oxygen atoms in total. The molecule has 0 radical (unpaired) electrons. The zero-order valence-corrected chi connectivity index (χ0v) is 15.4. The number of rotatable bonds is 6. The minimum absolute atomic E-state index is 0.0495. The molecule has 3 aromatic rings. The van der Waals surface area contributed by atoms with E-state index in [1.807, 2.05) is 72.8 Å². The summed E-state index contributed by atoms with van der Waals surface area (Å²) in [5, 5.41) is 3.19. The van der Waals surface area contributed by atoms with Crippen molar-refractivity contribution in [1.82, 2.24) is 5.32 Å². The average molecular weight is 394 g/mol. The molecule has 1 unspecified atom stereocenters. The maximum absolute atomic E-state index is 12.6. The number of hydrogen-bond donors (Lipinski definition) is 1. The number of aryl methyl sites for hydroxylation is 1. The fourth-order valence-electron chi connectivity index (χ4n) is 2.83. The first kappa shape index (κ1) is 17.4. The van der Waals surface area contributed by atoms with Gasteiger partial charge in [0.1, 0.15) is 0 Å². The molecular weight excluding hydrogens is 374 g/mol. The summed E-state index contributed by atoms with van der Waals surface area (Å²) in [6.07, 6.45) is 1.21. The van der Waals surface area contributed by atoms with Crippen molar-refractivity contribution in [2.75, 3.05) is 0 Å². The van der Waals surface area contributed by atoms with Crippen molar-refractivity contribution in [1.29, 1.82) is 0 Å². The third kappa shape index (κ3) is 4.80. The van der Waals surface area contributed by atoms with Gasteiger partial charge < -0.3 is 5.32 Å². The standard InChI is InChI=1S/C22H20BrNO/c23-20-14-8-7-13-19(20)22(18-11-5-2-6-12-18)24-21(25)16-15-17-9-3-1-4-10-17/h1-14,22H,15-16H2,(H,24,25). The van der Waals surface area contributed by atoms with Crippen LogP contribution in [0.1, 0.15) is 29.2 Å². The maximum atomic E-state index is 12.6. The van der Waals surface area contributed by atoms with Gasteiger partial charge in [-0.25, -0.2) is 0 Å². The highest BCUT2D eigenvalue weighted by Crippen LogP contribution is 2.28. The van der Waals surface area contributed by atoms with E-state index < -0.39 is 0 Å². The van der Waals surface area contributed by atoms with Crippen LogP contribution in [-0.4, -0.2) is 5.91 Å². The molecule has 0 saturated heterocycles. The molecular formula is C22H20BrNO. The molecule has 25 heavy (non-hydrogen) atoms. The smallest absolute Gasteiger partial charge is 0.221 e. The molecule has 0 bridgehead atoms. The summed E-state index contributed by atoms with van der Waals surface area (Å²) in [4.78, 5) is 12.6. The van der Waals surface area contributed by atoms with Crippen LogP contribution in [0.4, 0.5) is 0 Å². The first-order chi connectivity index (χ1) is 12.2. The minimum Gasteiger partial charge on any atom is -0.345 e. The number of amides is 1. The van der Waals surface area contributed by atoms with Gasteiger partial charge in [-0.2, -0.15) is 0 Å². The van der Waals surface area contributed by atoms with Gasteiger partial charge in [-0.05, 0) is 29.2 Å². The monoisotopic (exact) mass is 393 g/mol. The third-order valence-electron chi connectivity index (χ3n) is 4.14. The summed E-state index contributed by atoms with van der Waals surface area (Å²) in [5.74, 6) is 0.0495. The highest BCUT2D eigenvalue weighted by molar-refractivity contribution is 9.10.